The highest BCUT2D eigenvalue weighted by Gasteiger charge is 2.56. The number of carbonyl (C=O) groups excluding carboxylic acids is 4. The van der Waals surface area contributed by atoms with Gasteiger partial charge in [0.05, 0.1) is 22.4 Å². The number of aromatic nitrogens is 2. The number of hydrogen-bond acceptors (Lipinski definition) is 8. The molecule has 212 valence electrons. The summed E-state index contributed by atoms with van der Waals surface area (Å²) in [6.45, 7) is 7.72. The van der Waals surface area contributed by atoms with E-state index in [4.69, 9.17) is 22.1 Å². The highest BCUT2D eigenvalue weighted by molar-refractivity contribution is 6.31. The molecule has 2 aromatic rings. The lowest BCUT2D eigenvalue weighted by Gasteiger charge is -2.40. The Kier molecular flexibility index (Phi) is 7.67. The predicted octanol–water partition coefficient (Wildman–Crippen LogP) is 2.65. The lowest BCUT2D eigenvalue weighted by atomic mass is 9.75. The first-order chi connectivity index (χ1) is 19.0. The van der Waals surface area contributed by atoms with Crippen LogP contribution < -0.4 is 10.5 Å². The average Bonchev–Trinajstić information content (AvgIpc) is 3.58. The van der Waals surface area contributed by atoms with Crippen LogP contribution in [0.1, 0.15) is 53.0 Å². The summed E-state index contributed by atoms with van der Waals surface area (Å²) >= 11 is 6.24. The smallest absolute Gasteiger partial charge is 0.319 e. The number of ketones is 1. The first kappa shape index (κ1) is 28.2. The van der Waals surface area contributed by atoms with Crippen LogP contribution >= 0.6 is 11.6 Å². The zero-order valence-corrected chi connectivity index (χ0v) is 23.7. The number of rotatable bonds is 7. The number of nitrogens with two attached hydrogens (primary N) is 1. The first-order valence-electron chi connectivity index (χ1n) is 13.6. The molecule has 3 aliphatic rings. The van der Waals surface area contributed by atoms with Crippen molar-refractivity contribution in [2.75, 3.05) is 26.2 Å². The summed E-state index contributed by atoms with van der Waals surface area (Å²) in [5, 5.41) is 0.467. The van der Waals surface area contributed by atoms with Gasteiger partial charge < -0.3 is 15.4 Å². The molecule has 2 aliphatic heterocycles. The summed E-state index contributed by atoms with van der Waals surface area (Å²) in [5.41, 5.74) is 7.18. The van der Waals surface area contributed by atoms with E-state index in [0.29, 0.717) is 53.9 Å². The van der Waals surface area contributed by atoms with Crippen LogP contribution in [0.4, 0.5) is 0 Å². The number of likely N-dealkylation sites (tertiary alicyclic amines) is 2. The van der Waals surface area contributed by atoms with Crippen molar-refractivity contribution >= 4 is 35.2 Å². The summed E-state index contributed by atoms with van der Waals surface area (Å²) in [4.78, 5) is 64.4. The van der Waals surface area contributed by atoms with Gasteiger partial charge in [0.2, 0.25) is 5.91 Å². The van der Waals surface area contributed by atoms with Crippen LogP contribution in [0.2, 0.25) is 5.02 Å². The van der Waals surface area contributed by atoms with Crippen LogP contribution in [0.15, 0.2) is 24.5 Å². The molecule has 4 atom stereocenters. The van der Waals surface area contributed by atoms with E-state index in [2.05, 4.69) is 14.9 Å². The van der Waals surface area contributed by atoms with Gasteiger partial charge in [-0.05, 0) is 56.7 Å². The van der Waals surface area contributed by atoms with E-state index in [1.165, 1.54) is 6.33 Å². The molecule has 1 aliphatic carbocycles. The summed E-state index contributed by atoms with van der Waals surface area (Å²) in [6, 6.07) is 4.42. The Morgan fingerprint density at radius 2 is 1.75 bits per heavy atom. The Balaban J connectivity index is 1.36. The minimum atomic E-state index is -1.20. The molecule has 2 saturated heterocycles. The standard InChI is InChI=1S/C29H34ClN5O5/c1-16-4-5-22(8-23(16)30)40-28(39)29(7-6-21(36)10-29)24(9-25(31)37)34-11-19-13-35(14-20(19)12-34)27(38)26-17(2)32-15-33-18(26)3/h4-5,8,15,19-20,24H,6-7,9-14H2,1-3H3,(H2,31,37). The van der Waals surface area contributed by atoms with Gasteiger partial charge in [-0.2, -0.15) is 0 Å². The van der Waals surface area contributed by atoms with E-state index in [0.717, 1.165) is 5.56 Å². The largest absolute Gasteiger partial charge is 0.426 e. The molecule has 0 bridgehead atoms. The van der Waals surface area contributed by atoms with Gasteiger partial charge in [0, 0.05) is 56.5 Å². The quantitative estimate of drug-likeness (QED) is 0.398. The average molecular weight is 568 g/mol. The SMILES string of the molecule is Cc1ccc(OC(=O)C2(C(CC(N)=O)N3CC4CN(C(=O)c5c(C)ncnc5C)CC4C3)CCC(=O)C2)cc1Cl. The number of amides is 2. The maximum atomic E-state index is 13.8. The molecule has 40 heavy (non-hydrogen) atoms. The van der Waals surface area contributed by atoms with Crippen molar-refractivity contribution in [2.24, 2.45) is 23.0 Å². The monoisotopic (exact) mass is 567 g/mol. The molecule has 2 N–H and O–H groups in total. The van der Waals surface area contributed by atoms with Crippen LogP contribution in [-0.4, -0.2) is 75.6 Å². The van der Waals surface area contributed by atoms with Crippen LogP contribution in [0, 0.1) is 38.0 Å². The Morgan fingerprint density at radius 3 is 2.30 bits per heavy atom. The van der Waals surface area contributed by atoms with E-state index in [1.54, 1.807) is 32.0 Å². The molecule has 1 aromatic heterocycles. The van der Waals surface area contributed by atoms with Crippen molar-refractivity contribution in [1.29, 1.82) is 0 Å². The van der Waals surface area contributed by atoms with Crippen molar-refractivity contribution in [3.8, 4) is 5.75 Å². The van der Waals surface area contributed by atoms with Crippen LogP contribution in [0.25, 0.3) is 0 Å². The molecule has 3 fully saturated rings. The van der Waals surface area contributed by atoms with Gasteiger partial charge >= 0.3 is 5.97 Å². The number of esters is 1. The maximum Gasteiger partial charge on any atom is 0.319 e. The molecule has 4 unspecified atom stereocenters. The van der Waals surface area contributed by atoms with Gasteiger partial charge in [0.15, 0.2) is 0 Å². The molecular weight excluding hydrogens is 534 g/mol. The summed E-state index contributed by atoms with van der Waals surface area (Å²) in [6.07, 6.45) is 1.90. The van der Waals surface area contributed by atoms with Crippen molar-refractivity contribution in [1.82, 2.24) is 19.8 Å². The normalized spacial score (nSPS) is 25.2. The Labute approximate surface area is 238 Å². The van der Waals surface area contributed by atoms with Gasteiger partial charge in [-0.25, -0.2) is 9.97 Å². The fraction of sp³-hybridized carbons (Fsp3) is 0.517. The second-order valence-corrected chi connectivity index (χ2v) is 11.9. The highest BCUT2D eigenvalue weighted by atomic mass is 35.5. The number of Topliss-reactive ketones (excluding diaryl/α,β-unsaturated/α-hetero) is 1. The Bertz CT molecular complexity index is 1350. The van der Waals surface area contributed by atoms with Crippen LogP contribution in [0.3, 0.4) is 0 Å². The van der Waals surface area contributed by atoms with Crippen molar-refractivity contribution in [2.45, 2.75) is 52.5 Å². The summed E-state index contributed by atoms with van der Waals surface area (Å²) < 4.78 is 5.80. The first-order valence-corrected chi connectivity index (χ1v) is 14.0. The fourth-order valence-electron chi connectivity index (χ4n) is 6.71. The zero-order chi connectivity index (χ0) is 28.8. The molecule has 0 spiro atoms. The number of aryl methyl sites for hydroxylation is 3. The van der Waals surface area contributed by atoms with E-state index in [9.17, 15) is 19.2 Å². The van der Waals surface area contributed by atoms with Gasteiger partial charge in [0.25, 0.3) is 5.91 Å². The number of primary amides is 1. The number of halogens is 1. The number of benzene rings is 1. The van der Waals surface area contributed by atoms with Gasteiger partial charge in [0.1, 0.15) is 17.9 Å². The van der Waals surface area contributed by atoms with Crippen LogP contribution in [0.5, 0.6) is 5.75 Å². The van der Waals surface area contributed by atoms with Crippen molar-refractivity contribution < 1.29 is 23.9 Å². The van der Waals surface area contributed by atoms with E-state index < -0.39 is 23.3 Å². The van der Waals surface area contributed by atoms with Crippen molar-refractivity contribution in [3.05, 3.63) is 52.1 Å². The molecule has 1 saturated carbocycles. The lowest BCUT2D eigenvalue weighted by Crippen LogP contribution is -2.54. The van der Waals surface area contributed by atoms with Crippen molar-refractivity contribution in [3.63, 3.8) is 0 Å². The summed E-state index contributed by atoms with van der Waals surface area (Å²) in [5.74, 6) is -0.604. The van der Waals surface area contributed by atoms with E-state index in [1.807, 2.05) is 11.8 Å². The maximum absolute atomic E-state index is 13.8. The third kappa shape index (κ3) is 5.22. The third-order valence-electron chi connectivity index (χ3n) is 8.84. The highest BCUT2D eigenvalue weighted by Crippen LogP contribution is 2.47. The number of fused-ring (bicyclic) bond motifs is 1. The topological polar surface area (TPSA) is 136 Å². The second-order valence-electron chi connectivity index (χ2n) is 11.5. The second kappa shape index (κ2) is 10.9. The molecule has 1 aromatic carbocycles. The van der Waals surface area contributed by atoms with E-state index in [-0.39, 0.29) is 49.2 Å². The molecule has 0 radical (unpaired) electrons. The zero-order valence-electron chi connectivity index (χ0n) is 23.0. The Morgan fingerprint density at radius 1 is 1.10 bits per heavy atom. The minimum absolute atomic E-state index is 0.00756. The van der Waals surface area contributed by atoms with Gasteiger partial charge in [-0.3, -0.25) is 24.1 Å². The Hall–Kier alpha value is -3.37. The van der Waals surface area contributed by atoms with Crippen LogP contribution in [-0.2, 0) is 14.4 Å². The molecule has 11 heteroatoms. The van der Waals surface area contributed by atoms with Gasteiger partial charge in [-0.1, -0.05) is 17.7 Å². The van der Waals surface area contributed by atoms with E-state index >= 15 is 0 Å². The number of hydrogen-bond donors (Lipinski definition) is 1. The summed E-state index contributed by atoms with van der Waals surface area (Å²) in [7, 11) is 0. The number of nitrogens with zero attached hydrogens (tertiary/aromatic N) is 4. The molecule has 5 rings (SSSR count). The number of ether oxygens (including phenoxy) is 1. The fourth-order valence-corrected chi connectivity index (χ4v) is 6.88. The predicted molar refractivity (Wildman–Crippen MR) is 147 cm³/mol. The lowest BCUT2D eigenvalue weighted by molar-refractivity contribution is -0.152. The third-order valence-corrected chi connectivity index (χ3v) is 9.25. The molecule has 10 nitrogen and oxygen atoms in total. The minimum Gasteiger partial charge on any atom is -0.426 e. The number of carbonyl (C=O) groups is 4. The molecular formula is C29H34ClN5O5. The molecule has 2 amide bonds. The molecule has 3 heterocycles. The van der Waals surface area contributed by atoms with Gasteiger partial charge in [-0.15, -0.1) is 0 Å².